The highest BCUT2D eigenvalue weighted by Crippen LogP contribution is 2.32. The van der Waals surface area contributed by atoms with E-state index in [-0.39, 0.29) is 23.8 Å². The number of nitrogens with zero attached hydrogens (tertiary/aromatic N) is 4. The summed E-state index contributed by atoms with van der Waals surface area (Å²) in [5.41, 5.74) is 4.47. The number of carbonyl (C=O) groups is 2. The number of carbonyl (C=O) groups excluding carboxylic acids is 2. The second kappa shape index (κ2) is 8.73. The van der Waals surface area contributed by atoms with Crippen LogP contribution in [0.15, 0.2) is 36.8 Å². The number of H-pyrrole nitrogens is 1. The van der Waals surface area contributed by atoms with Gasteiger partial charge in [-0.25, -0.2) is 4.98 Å². The second-order valence-electron chi connectivity index (χ2n) is 8.76. The topological polar surface area (TPSA) is 103 Å². The van der Waals surface area contributed by atoms with Gasteiger partial charge in [-0.05, 0) is 31.2 Å². The Morgan fingerprint density at radius 1 is 1.18 bits per heavy atom. The number of aromatic nitrogens is 3. The van der Waals surface area contributed by atoms with Crippen molar-refractivity contribution in [3.05, 3.63) is 36.8 Å². The number of hydrogen-bond acceptors (Lipinski definition) is 6. The summed E-state index contributed by atoms with van der Waals surface area (Å²) in [6.45, 7) is 7.31. The molecule has 2 saturated heterocycles. The predicted molar refractivity (Wildman–Crippen MR) is 125 cm³/mol. The van der Waals surface area contributed by atoms with Gasteiger partial charge in [-0.3, -0.25) is 14.6 Å². The SMILES string of the molecule is CC(=O)N1CCN(c2ccc(-c3cc(O[C@H](C)[C@H]4CNC(=O)C4)c4nc[nH]c4c3)nc2)CC1. The number of imidazole rings is 1. The first kappa shape index (κ1) is 21.2. The van der Waals surface area contributed by atoms with E-state index in [2.05, 4.69) is 26.3 Å². The Balaban J connectivity index is 1.35. The molecule has 5 rings (SSSR count). The Bertz CT molecular complexity index is 1170. The zero-order chi connectivity index (χ0) is 22.9. The molecule has 1 aromatic carbocycles. The fourth-order valence-electron chi connectivity index (χ4n) is 4.53. The van der Waals surface area contributed by atoms with Crippen molar-refractivity contribution in [2.24, 2.45) is 5.92 Å². The number of pyridine rings is 1. The van der Waals surface area contributed by atoms with Crippen molar-refractivity contribution in [1.82, 2.24) is 25.2 Å². The van der Waals surface area contributed by atoms with Gasteiger partial charge in [-0.15, -0.1) is 0 Å². The number of aromatic amines is 1. The van der Waals surface area contributed by atoms with Gasteiger partial charge < -0.3 is 24.8 Å². The number of amides is 2. The van der Waals surface area contributed by atoms with Gasteiger partial charge in [0.25, 0.3) is 0 Å². The van der Waals surface area contributed by atoms with Gasteiger partial charge >= 0.3 is 0 Å². The van der Waals surface area contributed by atoms with Crippen LogP contribution in [0.4, 0.5) is 5.69 Å². The fourth-order valence-corrected chi connectivity index (χ4v) is 4.53. The molecule has 33 heavy (non-hydrogen) atoms. The van der Waals surface area contributed by atoms with Gasteiger partial charge in [-0.2, -0.15) is 0 Å². The van der Waals surface area contributed by atoms with Gasteiger partial charge in [-0.1, -0.05) is 0 Å². The van der Waals surface area contributed by atoms with Gasteiger partial charge in [0.2, 0.25) is 11.8 Å². The summed E-state index contributed by atoms with van der Waals surface area (Å²) in [4.78, 5) is 39.6. The maximum atomic E-state index is 11.6. The molecule has 2 aromatic heterocycles. The molecular formula is C24H28N6O3. The van der Waals surface area contributed by atoms with Crippen molar-refractivity contribution in [3.8, 4) is 17.0 Å². The van der Waals surface area contributed by atoms with E-state index in [0.717, 1.165) is 54.2 Å². The van der Waals surface area contributed by atoms with Crippen LogP contribution in [0.25, 0.3) is 22.3 Å². The number of nitrogens with one attached hydrogen (secondary N) is 2. The normalized spacial score (nSPS) is 19.6. The van der Waals surface area contributed by atoms with E-state index in [1.165, 1.54) is 0 Å². The van der Waals surface area contributed by atoms with Crippen molar-refractivity contribution in [2.75, 3.05) is 37.6 Å². The van der Waals surface area contributed by atoms with Crippen LogP contribution in [0, 0.1) is 5.92 Å². The minimum Gasteiger partial charge on any atom is -0.488 e. The molecule has 4 heterocycles. The van der Waals surface area contributed by atoms with Gasteiger partial charge in [0.15, 0.2) is 0 Å². The van der Waals surface area contributed by atoms with Crippen molar-refractivity contribution in [1.29, 1.82) is 0 Å². The maximum Gasteiger partial charge on any atom is 0.220 e. The molecule has 0 saturated carbocycles. The average molecular weight is 449 g/mol. The first-order valence-electron chi connectivity index (χ1n) is 11.4. The Labute approximate surface area is 192 Å². The lowest BCUT2D eigenvalue weighted by Gasteiger charge is -2.35. The van der Waals surface area contributed by atoms with Crippen molar-refractivity contribution in [3.63, 3.8) is 0 Å². The lowest BCUT2D eigenvalue weighted by atomic mass is 10.0. The van der Waals surface area contributed by atoms with Crippen LogP contribution in [0.1, 0.15) is 20.3 Å². The average Bonchev–Trinajstić information content (AvgIpc) is 3.48. The first-order valence-corrected chi connectivity index (χ1v) is 11.4. The lowest BCUT2D eigenvalue weighted by Crippen LogP contribution is -2.48. The summed E-state index contributed by atoms with van der Waals surface area (Å²) < 4.78 is 6.29. The molecule has 0 unspecified atom stereocenters. The number of piperazine rings is 1. The molecule has 9 heteroatoms. The molecule has 0 aliphatic carbocycles. The Morgan fingerprint density at radius 3 is 2.67 bits per heavy atom. The van der Waals surface area contributed by atoms with E-state index in [0.29, 0.717) is 18.7 Å². The molecule has 2 aliphatic rings. The minimum absolute atomic E-state index is 0.0705. The van der Waals surface area contributed by atoms with Gasteiger partial charge in [0, 0.05) is 57.5 Å². The molecule has 172 valence electrons. The van der Waals surface area contributed by atoms with Crippen LogP contribution < -0.4 is 15.0 Å². The monoisotopic (exact) mass is 448 g/mol. The third kappa shape index (κ3) is 4.35. The second-order valence-corrected chi connectivity index (χ2v) is 8.76. The van der Waals surface area contributed by atoms with Crippen LogP contribution >= 0.6 is 0 Å². The molecule has 2 N–H and O–H groups in total. The quantitative estimate of drug-likeness (QED) is 0.620. The summed E-state index contributed by atoms with van der Waals surface area (Å²) in [5, 5.41) is 2.87. The van der Waals surface area contributed by atoms with Crippen LogP contribution in [0.5, 0.6) is 5.75 Å². The van der Waals surface area contributed by atoms with Crippen molar-refractivity contribution >= 4 is 28.5 Å². The molecule has 2 amide bonds. The van der Waals surface area contributed by atoms with Crippen LogP contribution in [0.3, 0.4) is 0 Å². The first-order chi connectivity index (χ1) is 16.0. The van der Waals surface area contributed by atoms with Crippen LogP contribution in [0.2, 0.25) is 0 Å². The summed E-state index contributed by atoms with van der Waals surface area (Å²) >= 11 is 0. The zero-order valence-corrected chi connectivity index (χ0v) is 18.9. The lowest BCUT2D eigenvalue weighted by molar-refractivity contribution is -0.129. The third-order valence-electron chi connectivity index (χ3n) is 6.61. The highest BCUT2D eigenvalue weighted by atomic mass is 16.5. The number of anilines is 1. The molecular weight excluding hydrogens is 420 g/mol. The van der Waals surface area contributed by atoms with E-state index in [1.54, 1.807) is 13.3 Å². The Hall–Kier alpha value is -3.62. The number of fused-ring (bicyclic) bond motifs is 1. The van der Waals surface area contributed by atoms with Crippen LogP contribution in [-0.4, -0.2) is 70.5 Å². The van der Waals surface area contributed by atoms with E-state index in [9.17, 15) is 9.59 Å². The summed E-state index contributed by atoms with van der Waals surface area (Å²) in [5.74, 6) is 1.01. The summed E-state index contributed by atoms with van der Waals surface area (Å²) in [6, 6.07) is 8.07. The molecule has 0 radical (unpaired) electrons. The van der Waals surface area contributed by atoms with Gasteiger partial charge in [0.1, 0.15) is 17.4 Å². The fraction of sp³-hybridized carbons (Fsp3) is 0.417. The molecule has 0 spiro atoms. The number of benzene rings is 1. The predicted octanol–water partition coefficient (Wildman–Crippen LogP) is 2.20. The largest absolute Gasteiger partial charge is 0.488 e. The van der Waals surface area contributed by atoms with E-state index < -0.39 is 0 Å². The number of hydrogen-bond donors (Lipinski definition) is 2. The van der Waals surface area contributed by atoms with Gasteiger partial charge in [0.05, 0.1) is 29.4 Å². The highest BCUT2D eigenvalue weighted by Gasteiger charge is 2.28. The van der Waals surface area contributed by atoms with E-state index in [4.69, 9.17) is 9.72 Å². The smallest absolute Gasteiger partial charge is 0.220 e. The Kier molecular flexibility index (Phi) is 5.62. The zero-order valence-electron chi connectivity index (χ0n) is 18.9. The van der Waals surface area contributed by atoms with Crippen molar-refractivity contribution < 1.29 is 14.3 Å². The minimum atomic E-state index is -0.122. The molecule has 2 fully saturated rings. The molecule has 0 bridgehead atoms. The number of ether oxygens (including phenoxy) is 1. The van der Waals surface area contributed by atoms with E-state index >= 15 is 0 Å². The molecule has 9 nitrogen and oxygen atoms in total. The van der Waals surface area contributed by atoms with Crippen LogP contribution in [-0.2, 0) is 9.59 Å². The third-order valence-corrected chi connectivity index (χ3v) is 6.61. The molecule has 2 atom stereocenters. The Morgan fingerprint density at radius 2 is 2.00 bits per heavy atom. The maximum absolute atomic E-state index is 11.6. The summed E-state index contributed by atoms with van der Waals surface area (Å²) in [6.07, 6.45) is 3.90. The number of rotatable bonds is 5. The molecule has 3 aromatic rings. The summed E-state index contributed by atoms with van der Waals surface area (Å²) in [7, 11) is 0. The highest BCUT2D eigenvalue weighted by molar-refractivity contribution is 5.87. The van der Waals surface area contributed by atoms with Crippen molar-refractivity contribution in [2.45, 2.75) is 26.4 Å². The molecule has 2 aliphatic heterocycles. The van der Waals surface area contributed by atoms with E-state index in [1.807, 2.05) is 36.2 Å². The standard InChI is InChI=1S/C24H28N6O3/c1-15(18-11-23(32)26-12-18)33-22-10-17(9-21-24(22)28-14-27-21)20-4-3-19(13-25-20)30-7-5-29(6-8-30)16(2)31/h3-4,9-10,13-15,18H,5-8,11-12H2,1-2H3,(H,26,32)(H,27,28)/t15-,18-/m1/s1.